The second-order valence-electron chi connectivity index (χ2n) is 6.29. The summed E-state index contributed by atoms with van der Waals surface area (Å²) in [4.78, 5) is 25.8. The number of amides is 1. The molecule has 1 fully saturated rings. The molecule has 1 amide bonds. The van der Waals surface area contributed by atoms with Crippen LogP contribution in [0.1, 0.15) is 39.0 Å². The van der Waals surface area contributed by atoms with Crippen molar-refractivity contribution in [1.82, 2.24) is 0 Å². The monoisotopic (exact) mass is 317 g/mol. The van der Waals surface area contributed by atoms with E-state index in [1.54, 1.807) is 12.1 Å². The van der Waals surface area contributed by atoms with Crippen molar-refractivity contribution in [1.29, 1.82) is 0 Å². The van der Waals surface area contributed by atoms with Gasteiger partial charge in [0.05, 0.1) is 17.3 Å². The molecule has 0 radical (unpaired) electrons. The maximum absolute atomic E-state index is 14.2. The smallest absolute Gasteiger partial charge is 0.294 e. The van der Waals surface area contributed by atoms with Crippen molar-refractivity contribution in [2.45, 2.75) is 45.1 Å². The lowest BCUT2D eigenvalue weighted by Gasteiger charge is -2.35. The lowest BCUT2D eigenvalue weighted by atomic mass is 9.80. The minimum atomic E-state index is -0.684. The normalized spacial score (nSPS) is 22.8. The molecule has 2 aliphatic rings. The molecule has 0 bridgehead atoms. The number of rotatable bonds is 3. The summed E-state index contributed by atoms with van der Waals surface area (Å²) < 4.78 is 14.2. The Morgan fingerprint density at radius 3 is 2.48 bits per heavy atom. The van der Waals surface area contributed by atoms with Crippen LogP contribution in [0.4, 0.5) is 10.1 Å². The molecule has 1 saturated carbocycles. The average molecular weight is 317 g/mol. The van der Waals surface area contributed by atoms with E-state index in [2.05, 4.69) is 0 Å². The fourth-order valence-electron chi connectivity index (χ4n) is 3.80. The Hall–Kier alpha value is -2.17. The van der Waals surface area contributed by atoms with E-state index in [1.165, 1.54) is 24.0 Å². The van der Waals surface area contributed by atoms with Crippen molar-refractivity contribution in [2.75, 3.05) is 4.90 Å². The predicted octanol–water partition coefficient (Wildman–Crippen LogP) is 3.52. The van der Waals surface area contributed by atoms with Crippen LogP contribution in [-0.2, 0) is 9.59 Å². The van der Waals surface area contributed by atoms with Gasteiger partial charge < -0.3 is 5.11 Å². The van der Waals surface area contributed by atoms with Crippen molar-refractivity contribution in [3.63, 3.8) is 0 Å². The summed E-state index contributed by atoms with van der Waals surface area (Å²) in [6.07, 6.45) is 4.90. The minimum absolute atomic E-state index is 0.0656. The van der Waals surface area contributed by atoms with Crippen LogP contribution in [-0.4, -0.2) is 22.8 Å². The molecule has 0 spiro atoms. The minimum Gasteiger partial charge on any atom is -0.503 e. The third kappa shape index (κ3) is 2.64. The van der Waals surface area contributed by atoms with Crippen LogP contribution in [0, 0.1) is 11.7 Å². The van der Waals surface area contributed by atoms with E-state index in [0.29, 0.717) is 0 Å². The largest absolute Gasteiger partial charge is 0.503 e. The molecule has 1 aromatic carbocycles. The molecule has 1 aliphatic carbocycles. The van der Waals surface area contributed by atoms with E-state index in [4.69, 9.17) is 0 Å². The summed E-state index contributed by atoms with van der Waals surface area (Å²) in [6, 6.07) is 5.42. The zero-order valence-corrected chi connectivity index (χ0v) is 13.1. The average Bonchev–Trinajstić information content (AvgIpc) is 2.81. The molecule has 1 atom stereocenters. The van der Waals surface area contributed by atoms with Crippen LogP contribution >= 0.6 is 0 Å². The fourth-order valence-corrected chi connectivity index (χ4v) is 3.80. The molecule has 3 rings (SSSR count). The second-order valence-corrected chi connectivity index (χ2v) is 6.29. The molecule has 1 aliphatic heterocycles. The van der Waals surface area contributed by atoms with E-state index in [9.17, 15) is 19.1 Å². The molecule has 0 saturated heterocycles. The number of anilines is 1. The first kappa shape index (κ1) is 15.7. The van der Waals surface area contributed by atoms with Crippen molar-refractivity contribution < 1.29 is 19.1 Å². The number of Topliss-reactive ketones (excluding diaryl/α,β-unsaturated/α-hetero) is 1. The Morgan fingerprint density at radius 1 is 1.22 bits per heavy atom. The maximum Gasteiger partial charge on any atom is 0.294 e. The predicted molar refractivity (Wildman–Crippen MR) is 84.6 cm³/mol. The van der Waals surface area contributed by atoms with Crippen LogP contribution in [0.3, 0.4) is 0 Å². The highest BCUT2D eigenvalue weighted by Gasteiger charge is 2.46. The van der Waals surface area contributed by atoms with Gasteiger partial charge in [-0.15, -0.1) is 0 Å². The highest BCUT2D eigenvalue weighted by atomic mass is 19.1. The van der Waals surface area contributed by atoms with Gasteiger partial charge in [0.25, 0.3) is 5.91 Å². The second kappa shape index (κ2) is 6.14. The van der Waals surface area contributed by atoms with Gasteiger partial charge in [-0.05, 0) is 37.8 Å². The van der Waals surface area contributed by atoms with Gasteiger partial charge >= 0.3 is 0 Å². The first-order chi connectivity index (χ1) is 11.0. The van der Waals surface area contributed by atoms with Gasteiger partial charge in [-0.25, -0.2) is 4.39 Å². The lowest BCUT2D eigenvalue weighted by Crippen LogP contribution is -2.43. The summed E-state index contributed by atoms with van der Waals surface area (Å²) in [5.74, 6) is -2.01. The summed E-state index contributed by atoms with van der Waals surface area (Å²) in [5.41, 5.74) is 0.251. The molecule has 0 aromatic heterocycles. The first-order valence-corrected chi connectivity index (χ1v) is 8.04. The number of halogens is 1. The standard InChI is InChI=1S/C18H20FNO3/c1-11(21)15-16(12-7-3-2-4-8-12)20(18(23)17(15)22)14-10-6-5-9-13(14)19/h5-6,9-10,12,16,22H,2-4,7-8H2,1H3. The van der Waals surface area contributed by atoms with E-state index in [-0.39, 0.29) is 23.0 Å². The molecule has 4 nitrogen and oxygen atoms in total. The third-order valence-electron chi connectivity index (χ3n) is 4.84. The van der Waals surface area contributed by atoms with E-state index in [0.717, 1.165) is 32.1 Å². The quantitative estimate of drug-likeness (QED) is 0.928. The Kier molecular flexibility index (Phi) is 4.20. The van der Waals surface area contributed by atoms with E-state index < -0.39 is 23.5 Å². The van der Waals surface area contributed by atoms with Gasteiger partial charge in [0, 0.05) is 0 Å². The molecular formula is C18H20FNO3. The molecule has 23 heavy (non-hydrogen) atoms. The van der Waals surface area contributed by atoms with Crippen LogP contribution in [0.2, 0.25) is 0 Å². The number of nitrogens with zero attached hydrogens (tertiary/aromatic N) is 1. The van der Waals surface area contributed by atoms with Gasteiger partial charge in [0.15, 0.2) is 11.5 Å². The highest BCUT2D eigenvalue weighted by molar-refractivity contribution is 6.16. The molecule has 1 aromatic rings. The zero-order valence-electron chi connectivity index (χ0n) is 13.1. The Bertz CT molecular complexity index is 677. The number of para-hydroxylation sites is 1. The van der Waals surface area contributed by atoms with E-state index >= 15 is 0 Å². The van der Waals surface area contributed by atoms with Crippen molar-refractivity contribution in [3.8, 4) is 0 Å². The Labute approximate surface area is 134 Å². The van der Waals surface area contributed by atoms with E-state index in [1.807, 2.05) is 0 Å². The number of aliphatic hydroxyl groups excluding tert-OH is 1. The number of hydrogen-bond acceptors (Lipinski definition) is 3. The lowest BCUT2D eigenvalue weighted by molar-refractivity contribution is -0.117. The number of carbonyl (C=O) groups is 2. The van der Waals surface area contributed by atoms with Crippen LogP contribution < -0.4 is 4.90 Å². The number of hydrogen-bond donors (Lipinski definition) is 1. The van der Waals surface area contributed by atoms with Gasteiger partial charge in [-0.3, -0.25) is 14.5 Å². The molecule has 1 heterocycles. The summed E-state index contributed by atoms with van der Waals surface area (Å²) in [5, 5.41) is 10.2. The third-order valence-corrected chi connectivity index (χ3v) is 4.84. The van der Waals surface area contributed by atoms with Gasteiger partial charge in [0.1, 0.15) is 5.82 Å². The fraction of sp³-hybridized carbons (Fsp3) is 0.444. The number of benzene rings is 1. The molecule has 122 valence electrons. The molecule has 1 N–H and O–H groups in total. The number of ketones is 1. The first-order valence-electron chi connectivity index (χ1n) is 8.04. The molecular weight excluding hydrogens is 297 g/mol. The SMILES string of the molecule is CC(=O)C1=C(O)C(=O)N(c2ccccc2F)C1C1CCCCC1. The van der Waals surface area contributed by atoms with Gasteiger partial charge in [0.2, 0.25) is 0 Å². The summed E-state index contributed by atoms with van der Waals surface area (Å²) in [7, 11) is 0. The van der Waals surface area contributed by atoms with Crippen molar-refractivity contribution >= 4 is 17.4 Å². The van der Waals surface area contributed by atoms with Crippen LogP contribution in [0.15, 0.2) is 35.6 Å². The van der Waals surface area contributed by atoms with Crippen LogP contribution in [0.5, 0.6) is 0 Å². The Morgan fingerprint density at radius 2 is 1.87 bits per heavy atom. The maximum atomic E-state index is 14.2. The highest BCUT2D eigenvalue weighted by Crippen LogP contribution is 2.40. The topological polar surface area (TPSA) is 57.6 Å². The van der Waals surface area contributed by atoms with Crippen LogP contribution in [0.25, 0.3) is 0 Å². The molecule has 1 unspecified atom stereocenters. The Balaban J connectivity index is 2.08. The van der Waals surface area contributed by atoms with Gasteiger partial charge in [-0.2, -0.15) is 0 Å². The summed E-state index contributed by atoms with van der Waals surface area (Å²) >= 11 is 0. The van der Waals surface area contributed by atoms with Gasteiger partial charge in [-0.1, -0.05) is 31.4 Å². The summed E-state index contributed by atoms with van der Waals surface area (Å²) in [6.45, 7) is 1.35. The number of aliphatic hydroxyl groups is 1. The zero-order chi connectivity index (χ0) is 16.6. The molecule has 5 heteroatoms. The van der Waals surface area contributed by atoms with Crippen molar-refractivity contribution in [2.24, 2.45) is 5.92 Å². The van der Waals surface area contributed by atoms with Crippen molar-refractivity contribution in [3.05, 3.63) is 41.4 Å². The number of carbonyl (C=O) groups excluding carboxylic acids is 2.